The molecule has 0 spiro atoms. The van der Waals surface area contributed by atoms with Gasteiger partial charge in [0.15, 0.2) is 0 Å². The zero-order valence-electron chi connectivity index (χ0n) is 28.6. The summed E-state index contributed by atoms with van der Waals surface area (Å²) in [6, 6.07) is 63.7. The minimum atomic E-state index is -0.0621. The maximum Gasteiger partial charge on any atom is 0.136 e. The Bertz CT molecular complexity index is 2770. The summed E-state index contributed by atoms with van der Waals surface area (Å²) in [7, 11) is 0. The molecule has 0 bridgehead atoms. The molecule has 1 aliphatic rings. The van der Waals surface area contributed by atoms with Crippen molar-refractivity contribution in [3.8, 4) is 33.4 Å². The van der Waals surface area contributed by atoms with Crippen LogP contribution in [0.3, 0.4) is 0 Å². The zero-order chi connectivity index (χ0) is 34.1. The van der Waals surface area contributed by atoms with Crippen molar-refractivity contribution in [2.24, 2.45) is 0 Å². The Labute approximate surface area is 297 Å². The van der Waals surface area contributed by atoms with Crippen LogP contribution in [-0.4, -0.2) is 0 Å². The summed E-state index contributed by atoms with van der Waals surface area (Å²) in [6.07, 6.45) is 0. The van der Waals surface area contributed by atoms with Gasteiger partial charge < -0.3 is 9.32 Å². The Morgan fingerprint density at radius 3 is 1.98 bits per heavy atom. The number of hydrogen-bond donors (Lipinski definition) is 0. The monoisotopic (exact) mass is 653 g/mol. The topological polar surface area (TPSA) is 16.4 Å². The molecule has 0 unspecified atom stereocenters. The summed E-state index contributed by atoms with van der Waals surface area (Å²) in [5, 5.41) is 4.74. The molecule has 0 N–H and O–H groups in total. The standard InChI is InChI=1S/C49H35NO/c1-49(2)42-20-10-8-17-39(42)41-31-36(28-29-43(41)49)50(44-30-25-32-13-6-7-16-37(32)47(44)34-14-4-3-5-15-34)35-26-23-33(24-27-35)38-19-12-22-46-48(38)40-18-9-11-21-45(40)51-46/h3-31H,1-2H3. The molecule has 51 heavy (non-hydrogen) atoms. The highest BCUT2D eigenvalue weighted by Gasteiger charge is 2.35. The van der Waals surface area contributed by atoms with Crippen LogP contribution in [-0.2, 0) is 5.41 Å². The molecule has 0 aliphatic heterocycles. The van der Waals surface area contributed by atoms with Crippen molar-refractivity contribution in [1.82, 2.24) is 0 Å². The lowest BCUT2D eigenvalue weighted by atomic mass is 9.82. The van der Waals surface area contributed by atoms with Crippen LogP contribution in [0, 0.1) is 0 Å². The van der Waals surface area contributed by atoms with Crippen LogP contribution in [0.15, 0.2) is 180 Å². The van der Waals surface area contributed by atoms with E-state index in [2.05, 4.69) is 183 Å². The Kier molecular flexibility index (Phi) is 6.56. The first kappa shape index (κ1) is 29.5. The lowest BCUT2D eigenvalue weighted by Gasteiger charge is -2.30. The minimum Gasteiger partial charge on any atom is -0.456 e. The van der Waals surface area contributed by atoms with E-state index >= 15 is 0 Å². The van der Waals surface area contributed by atoms with Crippen LogP contribution in [0.5, 0.6) is 0 Å². The van der Waals surface area contributed by atoms with Crippen LogP contribution >= 0.6 is 0 Å². The smallest absolute Gasteiger partial charge is 0.136 e. The average Bonchev–Trinajstić information content (AvgIpc) is 3.67. The summed E-state index contributed by atoms with van der Waals surface area (Å²) < 4.78 is 6.25. The Hall–Kier alpha value is -6.38. The highest BCUT2D eigenvalue weighted by atomic mass is 16.3. The maximum absolute atomic E-state index is 6.25. The van der Waals surface area contributed by atoms with E-state index < -0.39 is 0 Å². The molecule has 0 saturated heterocycles. The molecule has 1 aliphatic carbocycles. The molecule has 1 aromatic heterocycles. The highest BCUT2D eigenvalue weighted by molar-refractivity contribution is 6.12. The molecule has 10 rings (SSSR count). The fourth-order valence-electron chi connectivity index (χ4n) is 8.43. The molecule has 0 fully saturated rings. The second kappa shape index (κ2) is 11.3. The summed E-state index contributed by atoms with van der Waals surface area (Å²) in [5.41, 5.74) is 15.2. The van der Waals surface area contributed by atoms with Crippen molar-refractivity contribution in [3.63, 3.8) is 0 Å². The molecule has 2 heteroatoms. The summed E-state index contributed by atoms with van der Waals surface area (Å²) in [5.74, 6) is 0. The first-order valence-corrected chi connectivity index (χ1v) is 17.7. The van der Waals surface area contributed by atoms with E-state index in [0.717, 1.165) is 44.6 Å². The second-order valence-electron chi connectivity index (χ2n) is 14.1. The third kappa shape index (κ3) is 4.57. The van der Waals surface area contributed by atoms with E-state index in [-0.39, 0.29) is 5.41 Å². The lowest BCUT2D eigenvalue weighted by molar-refractivity contribution is 0.660. The van der Waals surface area contributed by atoms with Crippen molar-refractivity contribution < 1.29 is 4.42 Å². The van der Waals surface area contributed by atoms with Gasteiger partial charge >= 0.3 is 0 Å². The lowest BCUT2D eigenvalue weighted by Crippen LogP contribution is -2.15. The highest BCUT2D eigenvalue weighted by Crippen LogP contribution is 2.52. The fraction of sp³-hybridized carbons (Fsp3) is 0.0612. The van der Waals surface area contributed by atoms with E-state index in [1.165, 1.54) is 49.7 Å². The van der Waals surface area contributed by atoms with Crippen LogP contribution in [0.4, 0.5) is 17.1 Å². The molecular weight excluding hydrogens is 619 g/mol. The molecule has 8 aromatic carbocycles. The number of fused-ring (bicyclic) bond motifs is 7. The van der Waals surface area contributed by atoms with Gasteiger partial charge in [-0.3, -0.25) is 0 Å². The minimum absolute atomic E-state index is 0.0621. The molecule has 9 aromatic rings. The van der Waals surface area contributed by atoms with E-state index in [0.29, 0.717) is 0 Å². The van der Waals surface area contributed by atoms with Crippen molar-refractivity contribution in [2.75, 3.05) is 4.90 Å². The third-order valence-corrected chi connectivity index (χ3v) is 10.9. The Morgan fingerprint density at radius 2 is 1.12 bits per heavy atom. The van der Waals surface area contributed by atoms with Gasteiger partial charge in [-0.2, -0.15) is 0 Å². The number of anilines is 3. The SMILES string of the molecule is CC1(C)c2ccccc2-c2cc(N(c3ccc(-c4cccc5oc6ccccc6c45)cc3)c3ccc4ccccc4c3-c3ccccc3)ccc21. The fourth-order valence-corrected chi connectivity index (χ4v) is 8.43. The van der Waals surface area contributed by atoms with Gasteiger partial charge in [-0.25, -0.2) is 0 Å². The molecule has 0 amide bonds. The average molecular weight is 654 g/mol. The number of furan rings is 1. The van der Waals surface area contributed by atoms with E-state index in [4.69, 9.17) is 4.42 Å². The summed E-state index contributed by atoms with van der Waals surface area (Å²) >= 11 is 0. The predicted molar refractivity (Wildman–Crippen MR) is 214 cm³/mol. The number of benzene rings is 8. The molecule has 1 heterocycles. The van der Waals surface area contributed by atoms with Gasteiger partial charge in [0.05, 0.1) is 5.69 Å². The Balaban J connectivity index is 1.20. The normalized spacial score (nSPS) is 13.1. The van der Waals surface area contributed by atoms with Crippen molar-refractivity contribution in [1.29, 1.82) is 0 Å². The maximum atomic E-state index is 6.25. The largest absolute Gasteiger partial charge is 0.456 e. The molecule has 2 nitrogen and oxygen atoms in total. The third-order valence-electron chi connectivity index (χ3n) is 10.9. The van der Waals surface area contributed by atoms with E-state index in [1.54, 1.807) is 0 Å². The number of rotatable bonds is 5. The zero-order valence-corrected chi connectivity index (χ0v) is 28.6. The van der Waals surface area contributed by atoms with E-state index in [1.807, 2.05) is 12.1 Å². The first-order valence-electron chi connectivity index (χ1n) is 17.7. The van der Waals surface area contributed by atoms with Crippen LogP contribution in [0.25, 0.3) is 66.1 Å². The van der Waals surface area contributed by atoms with Crippen LogP contribution in [0.2, 0.25) is 0 Å². The van der Waals surface area contributed by atoms with E-state index in [9.17, 15) is 0 Å². The quantitative estimate of drug-likeness (QED) is 0.184. The number of nitrogens with zero attached hydrogens (tertiary/aromatic N) is 1. The van der Waals surface area contributed by atoms with Gasteiger partial charge in [-0.05, 0) is 92.2 Å². The first-order chi connectivity index (χ1) is 25.1. The van der Waals surface area contributed by atoms with Crippen LogP contribution < -0.4 is 4.90 Å². The van der Waals surface area contributed by atoms with Gasteiger partial charge in [0.2, 0.25) is 0 Å². The molecule has 242 valence electrons. The number of para-hydroxylation sites is 1. The van der Waals surface area contributed by atoms with Gasteiger partial charge in [-0.1, -0.05) is 147 Å². The van der Waals surface area contributed by atoms with Gasteiger partial charge in [-0.15, -0.1) is 0 Å². The summed E-state index contributed by atoms with van der Waals surface area (Å²) in [4.78, 5) is 2.45. The van der Waals surface area contributed by atoms with Gasteiger partial charge in [0.1, 0.15) is 11.2 Å². The molecular formula is C49H35NO. The molecule has 0 radical (unpaired) electrons. The second-order valence-corrected chi connectivity index (χ2v) is 14.1. The van der Waals surface area contributed by atoms with Gasteiger partial charge in [0.25, 0.3) is 0 Å². The van der Waals surface area contributed by atoms with Crippen molar-refractivity contribution in [2.45, 2.75) is 19.3 Å². The van der Waals surface area contributed by atoms with Crippen molar-refractivity contribution in [3.05, 3.63) is 187 Å². The molecule has 0 atom stereocenters. The number of hydrogen-bond acceptors (Lipinski definition) is 2. The Morgan fingerprint density at radius 1 is 0.451 bits per heavy atom. The van der Waals surface area contributed by atoms with Crippen LogP contribution in [0.1, 0.15) is 25.0 Å². The van der Waals surface area contributed by atoms with Gasteiger partial charge in [0, 0.05) is 33.1 Å². The predicted octanol–water partition coefficient (Wildman–Crippen LogP) is 13.8. The molecule has 0 saturated carbocycles. The van der Waals surface area contributed by atoms with Crippen molar-refractivity contribution >= 4 is 49.8 Å². The summed E-state index contributed by atoms with van der Waals surface area (Å²) in [6.45, 7) is 4.68.